The summed E-state index contributed by atoms with van der Waals surface area (Å²) in [4.78, 5) is 0.725. The van der Waals surface area contributed by atoms with E-state index >= 15 is 0 Å². The molecule has 1 aromatic carbocycles. The van der Waals surface area contributed by atoms with Gasteiger partial charge in [0.15, 0.2) is 0 Å². The Morgan fingerprint density at radius 1 is 1.20 bits per heavy atom. The van der Waals surface area contributed by atoms with Gasteiger partial charge in [0.05, 0.1) is 6.61 Å². The van der Waals surface area contributed by atoms with Gasteiger partial charge in [-0.1, -0.05) is 46.3 Å². The molecule has 0 bridgehead atoms. The van der Waals surface area contributed by atoms with Crippen molar-refractivity contribution >= 4 is 15.9 Å². The normalized spacial score (nSPS) is 25.7. The van der Waals surface area contributed by atoms with Crippen LogP contribution in [0.2, 0.25) is 0 Å². The van der Waals surface area contributed by atoms with E-state index in [1.54, 1.807) is 0 Å². The molecule has 0 heterocycles. The maximum Gasteiger partial charge on any atom is 0.0717 e. The van der Waals surface area contributed by atoms with Crippen LogP contribution in [0.5, 0.6) is 0 Å². The van der Waals surface area contributed by atoms with Gasteiger partial charge < -0.3 is 4.74 Å². The third-order valence-corrected chi connectivity index (χ3v) is 3.77. The lowest BCUT2D eigenvalue weighted by molar-refractivity contribution is 0.0890. The lowest BCUT2D eigenvalue weighted by Gasteiger charge is -2.09. The van der Waals surface area contributed by atoms with Gasteiger partial charge in [-0.15, -0.1) is 0 Å². The Bertz CT molecular complexity index is 286. The molecule has 1 aliphatic rings. The summed E-state index contributed by atoms with van der Waals surface area (Å²) < 4.78 is 5.73. The van der Waals surface area contributed by atoms with Crippen molar-refractivity contribution in [3.63, 3.8) is 0 Å². The van der Waals surface area contributed by atoms with Crippen LogP contribution in [0.15, 0.2) is 30.3 Å². The molecule has 0 radical (unpaired) electrons. The molecule has 0 aromatic heterocycles. The number of benzene rings is 1. The van der Waals surface area contributed by atoms with E-state index in [0.29, 0.717) is 0 Å². The summed E-state index contributed by atoms with van der Waals surface area (Å²) >= 11 is 3.66. The Balaban J connectivity index is 1.67. The van der Waals surface area contributed by atoms with E-state index in [-0.39, 0.29) is 0 Å². The zero-order valence-corrected chi connectivity index (χ0v) is 10.4. The molecule has 1 unspecified atom stereocenters. The Labute approximate surface area is 100.0 Å². The van der Waals surface area contributed by atoms with Crippen LogP contribution in [0.1, 0.15) is 24.8 Å². The fourth-order valence-corrected chi connectivity index (χ4v) is 2.88. The van der Waals surface area contributed by atoms with Crippen LogP contribution in [0.4, 0.5) is 0 Å². The summed E-state index contributed by atoms with van der Waals surface area (Å²) in [5, 5.41) is 0. The highest BCUT2D eigenvalue weighted by Crippen LogP contribution is 2.30. The van der Waals surface area contributed by atoms with Crippen LogP contribution in [-0.2, 0) is 11.3 Å². The first-order valence-electron chi connectivity index (χ1n) is 5.60. The second-order valence-electron chi connectivity index (χ2n) is 4.28. The average Bonchev–Trinajstić information content (AvgIpc) is 2.66. The maximum absolute atomic E-state index is 5.73. The number of alkyl halides is 1. The number of halogens is 1. The van der Waals surface area contributed by atoms with E-state index in [0.717, 1.165) is 24.0 Å². The Hall–Kier alpha value is -0.340. The number of hydrogen-bond acceptors (Lipinski definition) is 1. The SMILES string of the molecule is Br[C@@H]1CCC(COCc2ccccc2)C1. The zero-order valence-electron chi connectivity index (χ0n) is 8.86. The number of ether oxygens (including phenoxy) is 1. The summed E-state index contributed by atoms with van der Waals surface area (Å²) in [7, 11) is 0. The van der Waals surface area contributed by atoms with Gasteiger partial charge >= 0.3 is 0 Å². The fraction of sp³-hybridized carbons (Fsp3) is 0.538. The second-order valence-corrected chi connectivity index (χ2v) is 5.57. The minimum Gasteiger partial charge on any atom is -0.376 e. The van der Waals surface area contributed by atoms with Gasteiger partial charge in [0, 0.05) is 11.4 Å². The zero-order chi connectivity index (χ0) is 10.5. The topological polar surface area (TPSA) is 9.23 Å². The molecule has 2 rings (SSSR count). The molecule has 0 saturated heterocycles. The van der Waals surface area contributed by atoms with Crippen molar-refractivity contribution in [2.75, 3.05) is 6.61 Å². The first-order chi connectivity index (χ1) is 7.34. The molecule has 1 nitrogen and oxygen atoms in total. The molecular weight excluding hydrogens is 252 g/mol. The van der Waals surface area contributed by atoms with Gasteiger partial charge in [-0.25, -0.2) is 0 Å². The fourth-order valence-electron chi connectivity index (χ4n) is 2.08. The van der Waals surface area contributed by atoms with Crippen molar-refractivity contribution in [1.29, 1.82) is 0 Å². The monoisotopic (exact) mass is 268 g/mol. The molecule has 0 amide bonds. The average molecular weight is 269 g/mol. The first kappa shape index (κ1) is 11.2. The molecule has 0 aliphatic heterocycles. The standard InChI is InChI=1S/C13H17BrO/c14-13-7-6-12(8-13)10-15-9-11-4-2-1-3-5-11/h1-5,12-13H,6-10H2/t12?,13-/m1/s1. The van der Waals surface area contributed by atoms with Crippen LogP contribution in [0.25, 0.3) is 0 Å². The van der Waals surface area contributed by atoms with Crippen LogP contribution >= 0.6 is 15.9 Å². The van der Waals surface area contributed by atoms with Gasteiger partial charge in [0.1, 0.15) is 0 Å². The van der Waals surface area contributed by atoms with Crippen molar-refractivity contribution in [3.05, 3.63) is 35.9 Å². The molecule has 0 spiro atoms. The van der Waals surface area contributed by atoms with E-state index in [1.165, 1.54) is 24.8 Å². The maximum atomic E-state index is 5.73. The van der Waals surface area contributed by atoms with Crippen molar-refractivity contribution in [3.8, 4) is 0 Å². The van der Waals surface area contributed by atoms with Gasteiger partial charge in [0.25, 0.3) is 0 Å². The van der Waals surface area contributed by atoms with Crippen molar-refractivity contribution < 1.29 is 4.74 Å². The third kappa shape index (κ3) is 3.62. The van der Waals surface area contributed by atoms with Gasteiger partial charge in [-0.2, -0.15) is 0 Å². The van der Waals surface area contributed by atoms with Gasteiger partial charge in [-0.05, 0) is 30.7 Å². The summed E-state index contributed by atoms with van der Waals surface area (Å²) in [5.74, 6) is 0.762. The largest absolute Gasteiger partial charge is 0.376 e. The highest BCUT2D eigenvalue weighted by Gasteiger charge is 2.22. The summed E-state index contributed by atoms with van der Waals surface area (Å²) in [6.45, 7) is 1.67. The smallest absolute Gasteiger partial charge is 0.0717 e. The second kappa shape index (κ2) is 5.66. The summed E-state index contributed by atoms with van der Waals surface area (Å²) in [6, 6.07) is 10.4. The highest BCUT2D eigenvalue weighted by atomic mass is 79.9. The molecule has 1 fully saturated rings. The van der Waals surface area contributed by atoms with Gasteiger partial charge in [0.2, 0.25) is 0 Å². The van der Waals surface area contributed by atoms with E-state index in [1.807, 2.05) is 6.07 Å². The molecule has 0 N–H and O–H groups in total. The van der Waals surface area contributed by atoms with Crippen LogP contribution < -0.4 is 0 Å². The van der Waals surface area contributed by atoms with Gasteiger partial charge in [-0.3, -0.25) is 0 Å². The van der Waals surface area contributed by atoms with Crippen LogP contribution in [-0.4, -0.2) is 11.4 Å². The molecule has 2 atom stereocenters. The molecule has 2 heteroatoms. The van der Waals surface area contributed by atoms with Crippen LogP contribution in [0.3, 0.4) is 0 Å². The molecule has 1 saturated carbocycles. The van der Waals surface area contributed by atoms with E-state index < -0.39 is 0 Å². The van der Waals surface area contributed by atoms with E-state index in [4.69, 9.17) is 4.74 Å². The van der Waals surface area contributed by atoms with Crippen LogP contribution in [0, 0.1) is 5.92 Å². The van der Waals surface area contributed by atoms with Crippen molar-refractivity contribution in [1.82, 2.24) is 0 Å². The Morgan fingerprint density at radius 3 is 2.67 bits per heavy atom. The predicted octanol–water partition coefficient (Wildman–Crippen LogP) is 3.77. The van der Waals surface area contributed by atoms with Crippen molar-refractivity contribution in [2.24, 2.45) is 5.92 Å². The molecular formula is C13H17BrO. The first-order valence-corrected chi connectivity index (χ1v) is 6.52. The lowest BCUT2D eigenvalue weighted by Crippen LogP contribution is -2.06. The lowest BCUT2D eigenvalue weighted by atomic mass is 10.1. The summed E-state index contributed by atoms with van der Waals surface area (Å²) in [6.07, 6.45) is 3.89. The van der Waals surface area contributed by atoms with E-state index in [2.05, 4.69) is 40.2 Å². The highest BCUT2D eigenvalue weighted by molar-refractivity contribution is 9.09. The molecule has 1 aromatic rings. The predicted molar refractivity (Wildman–Crippen MR) is 66.2 cm³/mol. The number of rotatable bonds is 4. The Morgan fingerprint density at radius 2 is 2.00 bits per heavy atom. The third-order valence-electron chi connectivity index (χ3n) is 2.94. The minimum atomic E-state index is 0.725. The minimum absolute atomic E-state index is 0.725. The molecule has 15 heavy (non-hydrogen) atoms. The quantitative estimate of drug-likeness (QED) is 0.756. The Kier molecular flexibility index (Phi) is 4.21. The number of hydrogen-bond donors (Lipinski definition) is 0. The van der Waals surface area contributed by atoms with Crippen molar-refractivity contribution in [2.45, 2.75) is 30.7 Å². The molecule has 1 aliphatic carbocycles. The molecule has 82 valence electrons. The van der Waals surface area contributed by atoms with E-state index in [9.17, 15) is 0 Å². The summed E-state index contributed by atoms with van der Waals surface area (Å²) in [5.41, 5.74) is 1.27.